The molecule has 2 rings (SSSR count). The summed E-state index contributed by atoms with van der Waals surface area (Å²) in [5.74, 6) is 0. The molecule has 1 aliphatic rings. The molecular weight excluding hydrogens is 194 g/mol. The normalized spacial score (nSPS) is 20.5. The largest absolute Gasteiger partial charge is 0.439 e. The predicted octanol–water partition coefficient (Wildman–Crippen LogP) is 1.78. The maximum Gasteiger partial charge on any atom is 0.412 e. The molecule has 15 heavy (non-hydrogen) atoms. The van der Waals surface area contributed by atoms with Crippen molar-refractivity contribution in [2.45, 2.75) is 6.10 Å². The average Bonchev–Trinajstić information content (AvgIpc) is 2.63. The summed E-state index contributed by atoms with van der Waals surface area (Å²) in [7, 11) is 1.56. The number of hydrogen-bond acceptors (Lipinski definition) is 3. The van der Waals surface area contributed by atoms with Crippen LogP contribution in [0.3, 0.4) is 0 Å². The number of ether oxygens (including phenoxy) is 2. The van der Waals surface area contributed by atoms with Crippen molar-refractivity contribution in [2.24, 2.45) is 0 Å². The highest BCUT2D eigenvalue weighted by Gasteiger charge is 2.31. The maximum atomic E-state index is 11.4. The van der Waals surface area contributed by atoms with E-state index in [-0.39, 0.29) is 18.9 Å². The number of hydrogen-bond donors (Lipinski definition) is 0. The van der Waals surface area contributed by atoms with Crippen LogP contribution in [0.4, 0.5) is 4.79 Å². The minimum absolute atomic E-state index is 0.172. The molecule has 1 aromatic rings. The topological polar surface area (TPSA) is 38.8 Å². The first kappa shape index (κ1) is 9.98. The lowest BCUT2D eigenvalue weighted by molar-refractivity contribution is 0.0849. The van der Waals surface area contributed by atoms with Crippen LogP contribution in [0.5, 0.6) is 0 Å². The van der Waals surface area contributed by atoms with Crippen molar-refractivity contribution in [1.29, 1.82) is 0 Å². The summed E-state index contributed by atoms with van der Waals surface area (Å²) in [5.41, 5.74) is 1.02. The third-order valence-electron chi connectivity index (χ3n) is 2.34. The zero-order valence-electron chi connectivity index (χ0n) is 8.55. The highest BCUT2D eigenvalue weighted by molar-refractivity contribution is 5.70. The number of benzene rings is 1. The van der Waals surface area contributed by atoms with Crippen LogP contribution in [0, 0.1) is 0 Å². The van der Waals surface area contributed by atoms with Gasteiger partial charge in [-0.2, -0.15) is 0 Å². The molecular formula is C11H13NO3. The predicted molar refractivity (Wildman–Crippen MR) is 54.2 cm³/mol. The van der Waals surface area contributed by atoms with Crippen molar-refractivity contribution in [3.8, 4) is 0 Å². The molecule has 80 valence electrons. The Labute approximate surface area is 88.4 Å². The molecule has 1 atom stereocenters. The molecule has 1 aromatic carbocycles. The fraction of sp³-hybridized carbons (Fsp3) is 0.364. The van der Waals surface area contributed by atoms with Crippen LogP contribution in [0.15, 0.2) is 30.3 Å². The Bertz CT molecular complexity index is 339. The summed E-state index contributed by atoms with van der Waals surface area (Å²) in [6.45, 7) is 0.832. The van der Waals surface area contributed by atoms with Gasteiger partial charge >= 0.3 is 6.09 Å². The van der Waals surface area contributed by atoms with Gasteiger partial charge < -0.3 is 9.47 Å². The van der Waals surface area contributed by atoms with E-state index in [1.54, 1.807) is 7.11 Å². The third-order valence-corrected chi connectivity index (χ3v) is 2.34. The smallest absolute Gasteiger partial charge is 0.412 e. The van der Waals surface area contributed by atoms with E-state index in [9.17, 15) is 4.79 Å². The van der Waals surface area contributed by atoms with E-state index < -0.39 is 0 Å². The quantitative estimate of drug-likeness (QED) is 0.758. The summed E-state index contributed by atoms with van der Waals surface area (Å²) in [5, 5.41) is 0. The molecule has 1 unspecified atom stereocenters. The number of amides is 1. The minimum Gasteiger partial charge on any atom is -0.439 e. The monoisotopic (exact) mass is 207 g/mol. The van der Waals surface area contributed by atoms with Crippen LogP contribution < -0.4 is 0 Å². The molecule has 0 radical (unpaired) electrons. The molecule has 1 heterocycles. The Morgan fingerprint density at radius 3 is 2.87 bits per heavy atom. The first-order chi connectivity index (χ1) is 7.31. The van der Waals surface area contributed by atoms with Crippen molar-refractivity contribution in [3.05, 3.63) is 35.9 Å². The van der Waals surface area contributed by atoms with E-state index in [4.69, 9.17) is 9.47 Å². The van der Waals surface area contributed by atoms with E-state index >= 15 is 0 Å². The van der Waals surface area contributed by atoms with Gasteiger partial charge in [0.15, 0.2) is 0 Å². The molecule has 4 nitrogen and oxygen atoms in total. The van der Waals surface area contributed by atoms with Crippen LogP contribution in [0.2, 0.25) is 0 Å². The van der Waals surface area contributed by atoms with Gasteiger partial charge in [-0.05, 0) is 5.56 Å². The maximum absolute atomic E-state index is 11.4. The second-order valence-corrected chi connectivity index (χ2v) is 3.42. The second kappa shape index (κ2) is 4.31. The fourth-order valence-corrected chi connectivity index (χ4v) is 1.61. The standard InChI is InChI=1S/C11H13NO3/c1-14-8-12-7-10(15-11(12)13)9-5-3-2-4-6-9/h2-6,10H,7-8H2,1H3. The van der Waals surface area contributed by atoms with E-state index in [0.717, 1.165) is 5.56 Å². The summed E-state index contributed by atoms with van der Waals surface area (Å²) < 4.78 is 10.1. The van der Waals surface area contributed by atoms with Crippen molar-refractivity contribution in [2.75, 3.05) is 20.4 Å². The lowest BCUT2D eigenvalue weighted by Gasteiger charge is -2.10. The third kappa shape index (κ3) is 2.10. The number of methoxy groups -OCH3 is 1. The lowest BCUT2D eigenvalue weighted by Crippen LogP contribution is -2.26. The lowest BCUT2D eigenvalue weighted by atomic mass is 10.1. The van der Waals surface area contributed by atoms with Crippen LogP contribution in [0.25, 0.3) is 0 Å². The van der Waals surface area contributed by atoms with Crippen molar-refractivity contribution >= 4 is 6.09 Å². The van der Waals surface area contributed by atoms with Crippen molar-refractivity contribution in [1.82, 2.24) is 4.90 Å². The zero-order chi connectivity index (χ0) is 10.7. The van der Waals surface area contributed by atoms with E-state index in [0.29, 0.717) is 6.54 Å². The van der Waals surface area contributed by atoms with Gasteiger partial charge in [0, 0.05) is 7.11 Å². The van der Waals surface area contributed by atoms with E-state index in [2.05, 4.69) is 0 Å². The molecule has 0 saturated carbocycles. The molecule has 0 N–H and O–H groups in total. The van der Waals surface area contributed by atoms with Gasteiger partial charge in [0.2, 0.25) is 0 Å². The molecule has 4 heteroatoms. The van der Waals surface area contributed by atoms with Crippen LogP contribution in [-0.4, -0.2) is 31.4 Å². The molecule has 0 bridgehead atoms. The van der Waals surface area contributed by atoms with Gasteiger partial charge in [-0.15, -0.1) is 0 Å². The molecule has 0 spiro atoms. The second-order valence-electron chi connectivity index (χ2n) is 3.42. The number of carbonyl (C=O) groups is 1. The number of nitrogens with zero attached hydrogens (tertiary/aromatic N) is 1. The molecule has 1 saturated heterocycles. The summed E-state index contributed by atoms with van der Waals surface area (Å²) >= 11 is 0. The Kier molecular flexibility index (Phi) is 2.87. The van der Waals surface area contributed by atoms with Crippen molar-refractivity contribution in [3.63, 3.8) is 0 Å². The first-order valence-corrected chi connectivity index (χ1v) is 4.80. The summed E-state index contributed by atoms with van der Waals surface area (Å²) in [6, 6.07) is 9.71. The van der Waals surface area contributed by atoms with E-state index in [1.165, 1.54) is 4.90 Å². The Morgan fingerprint density at radius 2 is 2.20 bits per heavy atom. The number of carbonyl (C=O) groups excluding carboxylic acids is 1. The van der Waals surface area contributed by atoms with Crippen LogP contribution in [0.1, 0.15) is 11.7 Å². The highest BCUT2D eigenvalue weighted by Crippen LogP contribution is 2.25. The Hall–Kier alpha value is -1.55. The van der Waals surface area contributed by atoms with Crippen molar-refractivity contribution < 1.29 is 14.3 Å². The fourth-order valence-electron chi connectivity index (χ4n) is 1.61. The van der Waals surface area contributed by atoms with Gasteiger partial charge in [0.25, 0.3) is 0 Å². The molecule has 0 aromatic heterocycles. The molecule has 1 fully saturated rings. The van der Waals surface area contributed by atoms with E-state index in [1.807, 2.05) is 30.3 Å². The SMILES string of the molecule is COCN1CC(c2ccccc2)OC1=O. The molecule has 1 amide bonds. The minimum atomic E-state index is -0.314. The van der Waals surface area contributed by atoms with Gasteiger partial charge in [-0.1, -0.05) is 30.3 Å². The van der Waals surface area contributed by atoms with Gasteiger partial charge in [-0.25, -0.2) is 4.79 Å². The molecule has 0 aliphatic carbocycles. The zero-order valence-corrected chi connectivity index (χ0v) is 8.55. The average molecular weight is 207 g/mol. The Morgan fingerprint density at radius 1 is 1.47 bits per heavy atom. The van der Waals surface area contributed by atoms with Gasteiger partial charge in [0.05, 0.1) is 6.54 Å². The number of cyclic esters (lactones) is 1. The van der Waals surface area contributed by atoms with Gasteiger partial charge in [0.1, 0.15) is 12.8 Å². The summed E-state index contributed by atoms with van der Waals surface area (Å²) in [4.78, 5) is 12.9. The summed E-state index contributed by atoms with van der Waals surface area (Å²) in [6.07, 6.45) is -0.487. The number of rotatable bonds is 3. The van der Waals surface area contributed by atoms with Crippen LogP contribution in [-0.2, 0) is 9.47 Å². The first-order valence-electron chi connectivity index (χ1n) is 4.80. The highest BCUT2D eigenvalue weighted by atomic mass is 16.6. The molecule has 1 aliphatic heterocycles. The van der Waals surface area contributed by atoms with Gasteiger partial charge in [-0.3, -0.25) is 4.90 Å². The Balaban J connectivity index is 2.06. The van der Waals surface area contributed by atoms with Crippen LogP contribution >= 0.6 is 0 Å².